The maximum atomic E-state index is 12.2. The summed E-state index contributed by atoms with van der Waals surface area (Å²) in [6.45, 7) is 7.10. The van der Waals surface area contributed by atoms with Crippen LogP contribution >= 0.6 is 11.6 Å². The van der Waals surface area contributed by atoms with Gasteiger partial charge in [0.15, 0.2) is 0 Å². The van der Waals surface area contributed by atoms with Gasteiger partial charge in [0, 0.05) is 5.41 Å². The smallest absolute Gasteiger partial charge is 0.225 e. The molecular weight excluding hydrogens is 362 g/mol. The second kappa shape index (κ2) is 8.01. The van der Waals surface area contributed by atoms with E-state index < -0.39 is 5.41 Å². The molecule has 3 aromatic rings. The number of hydrogen-bond donors (Lipinski definition) is 1. The Balaban J connectivity index is 1.76. The molecule has 1 N–H and O–H groups in total. The normalized spacial score (nSPS) is 11.6. The van der Waals surface area contributed by atoms with Gasteiger partial charge in [-0.3, -0.25) is 4.79 Å². The van der Waals surface area contributed by atoms with Crippen LogP contribution in [0.25, 0.3) is 11.0 Å². The molecule has 0 saturated carbocycles. The fourth-order valence-corrected chi connectivity index (χ4v) is 2.93. The van der Waals surface area contributed by atoms with E-state index in [0.717, 1.165) is 16.9 Å². The van der Waals surface area contributed by atoms with Crippen LogP contribution in [0.4, 0.5) is 0 Å². The van der Waals surface area contributed by atoms with Crippen molar-refractivity contribution in [3.8, 4) is 5.75 Å². The van der Waals surface area contributed by atoms with Crippen LogP contribution < -0.4 is 10.1 Å². The Morgan fingerprint density at radius 3 is 2.59 bits per heavy atom. The van der Waals surface area contributed by atoms with E-state index in [4.69, 9.17) is 16.3 Å². The second-order valence-corrected chi connectivity index (χ2v) is 7.79. The quantitative estimate of drug-likeness (QED) is 0.682. The third kappa shape index (κ3) is 4.61. The highest BCUT2D eigenvalue weighted by molar-refractivity contribution is 6.32. The van der Waals surface area contributed by atoms with Crippen molar-refractivity contribution in [1.82, 2.24) is 14.9 Å². The molecule has 0 fully saturated rings. The minimum absolute atomic E-state index is 0.00609. The number of imidazole rings is 1. The lowest BCUT2D eigenvalue weighted by Gasteiger charge is -2.18. The zero-order valence-corrected chi connectivity index (χ0v) is 16.6. The average molecular weight is 386 g/mol. The summed E-state index contributed by atoms with van der Waals surface area (Å²) in [5.74, 6) is 1.45. The van der Waals surface area contributed by atoms with Crippen LogP contribution in [0.2, 0.25) is 5.02 Å². The molecule has 5 nitrogen and oxygen atoms in total. The van der Waals surface area contributed by atoms with Crippen LogP contribution in [0, 0.1) is 5.41 Å². The van der Waals surface area contributed by atoms with E-state index >= 15 is 0 Å². The van der Waals surface area contributed by atoms with E-state index in [-0.39, 0.29) is 5.91 Å². The van der Waals surface area contributed by atoms with Crippen molar-refractivity contribution >= 4 is 28.5 Å². The van der Waals surface area contributed by atoms with E-state index in [1.165, 1.54) is 0 Å². The first-order valence-corrected chi connectivity index (χ1v) is 9.34. The van der Waals surface area contributed by atoms with Crippen molar-refractivity contribution in [3.63, 3.8) is 0 Å². The van der Waals surface area contributed by atoms with Gasteiger partial charge in [-0.05, 0) is 24.3 Å². The minimum atomic E-state index is -0.440. The summed E-state index contributed by atoms with van der Waals surface area (Å²) in [5, 5.41) is 3.56. The maximum absolute atomic E-state index is 12.2. The number of fused-ring (bicyclic) bond motifs is 1. The van der Waals surface area contributed by atoms with Crippen molar-refractivity contribution in [2.24, 2.45) is 5.41 Å². The highest BCUT2D eigenvalue weighted by Gasteiger charge is 2.21. The topological polar surface area (TPSA) is 56.2 Å². The van der Waals surface area contributed by atoms with Crippen LogP contribution in [0.5, 0.6) is 5.75 Å². The first-order valence-electron chi connectivity index (χ1n) is 8.96. The molecule has 1 aromatic heterocycles. The number of carbonyl (C=O) groups is 1. The van der Waals surface area contributed by atoms with E-state index in [9.17, 15) is 4.79 Å². The number of para-hydroxylation sites is 3. The number of nitrogens with zero attached hydrogens (tertiary/aromatic N) is 2. The largest absolute Gasteiger partial charge is 0.490 e. The molecular formula is C21H24ClN3O2. The van der Waals surface area contributed by atoms with Gasteiger partial charge in [-0.25, -0.2) is 4.98 Å². The predicted molar refractivity (Wildman–Crippen MR) is 108 cm³/mol. The summed E-state index contributed by atoms with van der Waals surface area (Å²) < 4.78 is 7.90. The van der Waals surface area contributed by atoms with Crippen molar-refractivity contribution < 1.29 is 9.53 Å². The molecule has 0 aliphatic rings. The maximum Gasteiger partial charge on any atom is 0.225 e. The molecule has 0 aliphatic carbocycles. The molecule has 1 amide bonds. The van der Waals surface area contributed by atoms with Crippen molar-refractivity contribution in [2.75, 3.05) is 6.61 Å². The zero-order valence-electron chi connectivity index (χ0n) is 15.8. The van der Waals surface area contributed by atoms with Gasteiger partial charge in [-0.15, -0.1) is 0 Å². The van der Waals surface area contributed by atoms with Gasteiger partial charge in [-0.1, -0.05) is 56.6 Å². The van der Waals surface area contributed by atoms with E-state index in [0.29, 0.717) is 30.5 Å². The molecule has 1 heterocycles. The lowest BCUT2D eigenvalue weighted by atomic mass is 9.96. The lowest BCUT2D eigenvalue weighted by molar-refractivity contribution is -0.128. The molecule has 3 rings (SSSR count). The van der Waals surface area contributed by atoms with Crippen molar-refractivity contribution in [3.05, 3.63) is 59.4 Å². The lowest BCUT2D eigenvalue weighted by Crippen LogP contribution is -2.35. The van der Waals surface area contributed by atoms with Crippen LogP contribution in [0.1, 0.15) is 26.6 Å². The number of nitrogens with one attached hydrogen (secondary N) is 1. The number of hydrogen-bond acceptors (Lipinski definition) is 3. The van der Waals surface area contributed by atoms with E-state index in [1.807, 2.05) is 63.2 Å². The predicted octanol–water partition coefficient (Wildman–Crippen LogP) is 4.43. The van der Waals surface area contributed by atoms with Gasteiger partial charge in [0.05, 0.1) is 29.1 Å². The minimum Gasteiger partial charge on any atom is -0.490 e. The highest BCUT2D eigenvalue weighted by Crippen LogP contribution is 2.23. The highest BCUT2D eigenvalue weighted by atomic mass is 35.5. The SMILES string of the molecule is CC(C)(C)C(=O)NCc1nc2ccccc2n1CCOc1ccccc1Cl. The fourth-order valence-electron chi connectivity index (χ4n) is 2.74. The Morgan fingerprint density at radius 2 is 1.85 bits per heavy atom. The zero-order chi connectivity index (χ0) is 19.4. The van der Waals surface area contributed by atoms with Gasteiger partial charge in [0.25, 0.3) is 0 Å². The Labute approximate surface area is 164 Å². The summed E-state index contributed by atoms with van der Waals surface area (Å²) >= 11 is 6.15. The molecule has 142 valence electrons. The number of benzene rings is 2. The Bertz CT molecular complexity index is 944. The molecule has 6 heteroatoms. The third-order valence-electron chi connectivity index (χ3n) is 4.23. The van der Waals surface area contributed by atoms with Gasteiger partial charge >= 0.3 is 0 Å². The first-order chi connectivity index (χ1) is 12.9. The molecule has 2 aromatic carbocycles. The molecule has 0 bridgehead atoms. The van der Waals surface area contributed by atoms with Crippen LogP contribution in [-0.2, 0) is 17.9 Å². The first kappa shape index (κ1) is 19.2. The monoisotopic (exact) mass is 385 g/mol. The summed E-state index contributed by atoms with van der Waals surface area (Å²) in [5.41, 5.74) is 1.47. The van der Waals surface area contributed by atoms with Crippen molar-refractivity contribution in [1.29, 1.82) is 0 Å². The van der Waals surface area contributed by atoms with Crippen molar-refractivity contribution in [2.45, 2.75) is 33.9 Å². The Kier molecular flexibility index (Phi) is 5.71. The van der Waals surface area contributed by atoms with Gasteiger partial charge < -0.3 is 14.6 Å². The number of rotatable bonds is 6. The molecule has 0 atom stereocenters. The van der Waals surface area contributed by atoms with Crippen LogP contribution in [-0.4, -0.2) is 22.1 Å². The standard InChI is InChI=1S/C21H24ClN3O2/c1-21(2,3)20(26)23-14-19-24-16-9-5-6-10-17(16)25(19)12-13-27-18-11-7-4-8-15(18)22/h4-11H,12-14H2,1-3H3,(H,23,26). The molecule has 27 heavy (non-hydrogen) atoms. The van der Waals surface area contributed by atoms with Gasteiger partial charge in [-0.2, -0.15) is 0 Å². The van der Waals surface area contributed by atoms with E-state index in [2.05, 4.69) is 14.9 Å². The molecule has 0 aliphatic heterocycles. The molecule has 0 radical (unpaired) electrons. The average Bonchev–Trinajstić information content (AvgIpc) is 2.98. The Morgan fingerprint density at radius 1 is 1.15 bits per heavy atom. The van der Waals surface area contributed by atoms with Gasteiger partial charge in [0.1, 0.15) is 18.2 Å². The summed E-state index contributed by atoms with van der Waals surface area (Å²) in [6.07, 6.45) is 0. The molecule has 0 unspecified atom stereocenters. The summed E-state index contributed by atoms with van der Waals surface area (Å²) in [6, 6.07) is 15.3. The van der Waals surface area contributed by atoms with Gasteiger partial charge in [0.2, 0.25) is 5.91 Å². The van der Waals surface area contributed by atoms with Crippen LogP contribution in [0.3, 0.4) is 0 Å². The Hall–Kier alpha value is -2.53. The second-order valence-electron chi connectivity index (χ2n) is 7.38. The summed E-state index contributed by atoms with van der Waals surface area (Å²) in [7, 11) is 0. The summed E-state index contributed by atoms with van der Waals surface area (Å²) in [4.78, 5) is 16.9. The number of halogens is 1. The fraction of sp³-hybridized carbons (Fsp3) is 0.333. The van der Waals surface area contributed by atoms with E-state index in [1.54, 1.807) is 6.07 Å². The van der Waals surface area contributed by atoms with Crippen LogP contribution in [0.15, 0.2) is 48.5 Å². The number of ether oxygens (including phenoxy) is 1. The number of aromatic nitrogens is 2. The molecule has 0 saturated heterocycles. The molecule has 0 spiro atoms. The third-order valence-corrected chi connectivity index (χ3v) is 4.54. The number of carbonyl (C=O) groups excluding carboxylic acids is 1. The number of amides is 1.